The van der Waals surface area contributed by atoms with Crippen LogP contribution in [0.3, 0.4) is 0 Å². The van der Waals surface area contributed by atoms with E-state index in [9.17, 15) is 9.59 Å². The molecule has 0 aliphatic carbocycles. The summed E-state index contributed by atoms with van der Waals surface area (Å²) >= 11 is 5.96. The lowest BCUT2D eigenvalue weighted by atomic mass is 9.82. The summed E-state index contributed by atoms with van der Waals surface area (Å²) in [5, 5.41) is 0.528. The SMILES string of the molecule is COCCOCC(=O)N1CCC2(CC1)CC(=O)c1cc(Cl)ccc1O2. The molecule has 1 aromatic rings. The number of fused-ring (bicyclic) bond motifs is 1. The summed E-state index contributed by atoms with van der Waals surface area (Å²) in [6, 6.07) is 5.13. The molecule has 1 amide bonds. The molecule has 1 aromatic carbocycles. The molecule has 136 valence electrons. The van der Waals surface area contributed by atoms with Crippen molar-refractivity contribution >= 4 is 23.3 Å². The first-order valence-corrected chi connectivity index (χ1v) is 8.77. The van der Waals surface area contributed by atoms with Crippen molar-refractivity contribution in [3.63, 3.8) is 0 Å². The summed E-state index contributed by atoms with van der Waals surface area (Å²) in [6.45, 7) is 2.04. The van der Waals surface area contributed by atoms with Crippen LogP contribution in [0.25, 0.3) is 0 Å². The molecule has 3 rings (SSSR count). The van der Waals surface area contributed by atoms with Gasteiger partial charge in [0.2, 0.25) is 5.91 Å². The van der Waals surface area contributed by atoms with Crippen molar-refractivity contribution in [2.45, 2.75) is 24.9 Å². The summed E-state index contributed by atoms with van der Waals surface area (Å²) in [5.41, 5.74) is 0.0224. The van der Waals surface area contributed by atoms with Gasteiger partial charge >= 0.3 is 0 Å². The molecule has 7 heteroatoms. The molecule has 0 radical (unpaired) electrons. The highest BCUT2D eigenvalue weighted by atomic mass is 35.5. The minimum atomic E-state index is -0.522. The van der Waals surface area contributed by atoms with E-state index in [-0.39, 0.29) is 18.3 Å². The van der Waals surface area contributed by atoms with Gasteiger partial charge in [-0.15, -0.1) is 0 Å². The Bertz CT molecular complexity index is 655. The number of amides is 1. The minimum absolute atomic E-state index is 0.0414. The third-order valence-corrected chi connectivity index (χ3v) is 4.97. The van der Waals surface area contributed by atoms with Crippen molar-refractivity contribution in [1.29, 1.82) is 0 Å². The number of methoxy groups -OCH3 is 1. The molecule has 2 aliphatic heterocycles. The standard InChI is InChI=1S/C18H22ClNO5/c1-23-8-9-24-12-17(22)20-6-4-18(5-7-20)11-15(21)14-10-13(19)2-3-16(14)25-18/h2-3,10H,4-9,11-12H2,1H3. The summed E-state index contributed by atoms with van der Waals surface area (Å²) < 4.78 is 16.3. The van der Waals surface area contributed by atoms with Crippen molar-refractivity contribution in [3.8, 4) is 5.75 Å². The Balaban J connectivity index is 1.57. The molecular weight excluding hydrogens is 346 g/mol. The molecule has 0 bridgehead atoms. The van der Waals surface area contributed by atoms with Gasteiger partial charge in [-0.05, 0) is 18.2 Å². The highest BCUT2D eigenvalue weighted by Gasteiger charge is 2.43. The maximum Gasteiger partial charge on any atom is 0.248 e. The van der Waals surface area contributed by atoms with E-state index in [0.717, 1.165) is 0 Å². The number of hydrogen-bond donors (Lipinski definition) is 0. The van der Waals surface area contributed by atoms with Gasteiger partial charge in [0.05, 0.1) is 25.2 Å². The zero-order chi connectivity index (χ0) is 17.9. The number of carbonyl (C=O) groups is 2. The second-order valence-corrected chi connectivity index (χ2v) is 6.89. The number of ether oxygens (including phenoxy) is 3. The molecule has 0 aromatic heterocycles. The number of likely N-dealkylation sites (tertiary alicyclic amines) is 1. The molecule has 1 saturated heterocycles. The van der Waals surface area contributed by atoms with Gasteiger partial charge in [0.15, 0.2) is 5.78 Å². The van der Waals surface area contributed by atoms with E-state index in [1.807, 2.05) is 0 Å². The van der Waals surface area contributed by atoms with Crippen LogP contribution in [0.4, 0.5) is 0 Å². The lowest BCUT2D eigenvalue weighted by Gasteiger charge is -2.44. The summed E-state index contributed by atoms with van der Waals surface area (Å²) in [7, 11) is 1.59. The lowest BCUT2D eigenvalue weighted by molar-refractivity contribution is -0.140. The first-order valence-electron chi connectivity index (χ1n) is 8.39. The number of hydrogen-bond acceptors (Lipinski definition) is 5. The highest BCUT2D eigenvalue weighted by Crippen LogP contribution is 2.40. The zero-order valence-corrected chi connectivity index (χ0v) is 15.0. The molecule has 2 heterocycles. The largest absolute Gasteiger partial charge is 0.486 e. The third-order valence-electron chi connectivity index (χ3n) is 4.74. The zero-order valence-electron chi connectivity index (χ0n) is 14.3. The van der Waals surface area contributed by atoms with Gasteiger partial charge in [0, 0.05) is 38.1 Å². The number of piperidine rings is 1. The summed E-state index contributed by atoms with van der Waals surface area (Å²) in [6.07, 6.45) is 1.59. The molecule has 0 N–H and O–H groups in total. The van der Waals surface area contributed by atoms with Crippen LogP contribution < -0.4 is 4.74 Å². The Morgan fingerprint density at radius 3 is 2.80 bits per heavy atom. The Hall–Kier alpha value is -1.63. The van der Waals surface area contributed by atoms with E-state index in [2.05, 4.69) is 0 Å². The van der Waals surface area contributed by atoms with Crippen LogP contribution in [0.2, 0.25) is 5.02 Å². The van der Waals surface area contributed by atoms with E-state index in [4.69, 9.17) is 25.8 Å². The van der Waals surface area contributed by atoms with Crippen LogP contribution in [0.15, 0.2) is 18.2 Å². The predicted octanol–water partition coefficient (Wildman–Crippen LogP) is 2.33. The number of rotatable bonds is 5. The molecule has 25 heavy (non-hydrogen) atoms. The van der Waals surface area contributed by atoms with E-state index < -0.39 is 5.60 Å². The molecule has 1 fully saturated rings. The second kappa shape index (κ2) is 7.72. The number of ketones is 1. The number of benzene rings is 1. The van der Waals surface area contributed by atoms with Crippen molar-refractivity contribution in [2.75, 3.05) is 40.0 Å². The van der Waals surface area contributed by atoms with Gasteiger partial charge in [0.1, 0.15) is 18.0 Å². The molecular formula is C18H22ClNO5. The molecule has 1 spiro atoms. The Morgan fingerprint density at radius 1 is 1.32 bits per heavy atom. The Morgan fingerprint density at radius 2 is 2.08 bits per heavy atom. The number of nitrogens with zero attached hydrogens (tertiary/aromatic N) is 1. The van der Waals surface area contributed by atoms with Gasteiger partial charge in [-0.25, -0.2) is 0 Å². The van der Waals surface area contributed by atoms with Crippen molar-refractivity contribution in [3.05, 3.63) is 28.8 Å². The van der Waals surface area contributed by atoms with E-state index in [1.54, 1.807) is 30.2 Å². The van der Waals surface area contributed by atoms with Crippen molar-refractivity contribution in [2.24, 2.45) is 0 Å². The number of Topliss-reactive ketones (excluding diaryl/α,β-unsaturated/α-hetero) is 1. The molecule has 2 aliphatic rings. The van der Waals surface area contributed by atoms with E-state index >= 15 is 0 Å². The number of halogens is 1. The highest BCUT2D eigenvalue weighted by molar-refractivity contribution is 6.31. The molecule has 6 nitrogen and oxygen atoms in total. The quantitative estimate of drug-likeness (QED) is 0.747. The van der Waals surface area contributed by atoms with Crippen LogP contribution in [-0.4, -0.2) is 62.2 Å². The smallest absolute Gasteiger partial charge is 0.248 e. The van der Waals surface area contributed by atoms with Crippen LogP contribution in [0, 0.1) is 0 Å². The fourth-order valence-corrected chi connectivity index (χ4v) is 3.47. The average molecular weight is 368 g/mol. The van der Waals surface area contributed by atoms with Crippen molar-refractivity contribution in [1.82, 2.24) is 4.90 Å². The summed E-state index contributed by atoms with van der Waals surface area (Å²) in [5.74, 6) is 0.593. The van der Waals surface area contributed by atoms with Gasteiger partial charge in [0.25, 0.3) is 0 Å². The van der Waals surface area contributed by atoms with Crippen LogP contribution in [0.1, 0.15) is 29.6 Å². The Kier molecular flexibility index (Phi) is 5.61. The first-order chi connectivity index (χ1) is 12.0. The van der Waals surface area contributed by atoms with E-state index in [0.29, 0.717) is 61.9 Å². The monoisotopic (exact) mass is 367 g/mol. The topological polar surface area (TPSA) is 65.1 Å². The lowest BCUT2D eigenvalue weighted by Crippen LogP contribution is -2.52. The maximum absolute atomic E-state index is 12.5. The van der Waals surface area contributed by atoms with Gasteiger partial charge in [-0.2, -0.15) is 0 Å². The summed E-state index contributed by atoms with van der Waals surface area (Å²) in [4.78, 5) is 26.4. The predicted molar refractivity (Wildman–Crippen MR) is 92.3 cm³/mol. The normalized spacial score (nSPS) is 18.8. The Labute approximate surface area is 152 Å². The van der Waals surface area contributed by atoms with Crippen LogP contribution >= 0.6 is 11.6 Å². The van der Waals surface area contributed by atoms with Gasteiger partial charge in [-0.1, -0.05) is 11.6 Å². The number of carbonyl (C=O) groups excluding carboxylic acids is 2. The van der Waals surface area contributed by atoms with Crippen LogP contribution in [-0.2, 0) is 14.3 Å². The van der Waals surface area contributed by atoms with Gasteiger partial charge < -0.3 is 19.1 Å². The first kappa shape index (κ1) is 18.2. The van der Waals surface area contributed by atoms with Crippen LogP contribution in [0.5, 0.6) is 5.75 Å². The molecule has 0 atom stereocenters. The molecule has 0 saturated carbocycles. The second-order valence-electron chi connectivity index (χ2n) is 6.45. The minimum Gasteiger partial charge on any atom is -0.486 e. The third kappa shape index (κ3) is 4.14. The van der Waals surface area contributed by atoms with Gasteiger partial charge in [-0.3, -0.25) is 9.59 Å². The molecule has 0 unspecified atom stereocenters. The van der Waals surface area contributed by atoms with Crippen molar-refractivity contribution < 1.29 is 23.8 Å². The fraction of sp³-hybridized carbons (Fsp3) is 0.556. The maximum atomic E-state index is 12.5. The van der Waals surface area contributed by atoms with E-state index in [1.165, 1.54) is 0 Å². The average Bonchev–Trinajstić information content (AvgIpc) is 2.60. The fourth-order valence-electron chi connectivity index (χ4n) is 3.30.